The fourth-order valence-corrected chi connectivity index (χ4v) is 9.24. The van der Waals surface area contributed by atoms with E-state index in [9.17, 15) is 26.4 Å². The van der Waals surface area contributed by atoms with Gasteiger partial charge in [0.05, 0.1) is 25.8 Å². The van der Waals surface area contributed by atoms with Crippen LogP contribution in [0.4, 0.5) is 0 Å². The molecule has 0 radical (unpaired) electrons. The molecule has 8 aromatic rings. The van der Waals surface area contributed by atoms with Crippen LogP contribution in [-0.4, -0.2) is 66.0 Å². The molecule has 0 atom stereocenters. The molecule has 312 valence electrons. The number of carbonyl (C=O) groups is 2. The normalized spacial score (nSPS) is 12.8. The average molecular weight is 872 g/mol. The summed E-state index contributed by atoms with van der Waals surface area (Å²) in [7, 11) is -7.48. The highest BCUT2D eigenvalue weighted by molar-refractivity contribution is 7.91. The van der Waals surface area contributed by atoms with Gasteiger partial charge in [-0.2, -0.15) is 0 Å². The van der Waals surface area contributed by atoms with Crippen LogP contribution in [0.2, 0.25) is 0 Å². The van der Waals surface area contributed by atoms with E-state index >= 15 is 0 Å². The van der Waals surface area contributed by atoms with Gasteiger partial charge in [-0.15, -0.1) is 0 Å². The number of para-hydroxylation sites is 1. The van der Waals surface area contributed by atoms with Crippen LogP contribution in [0.15, 0.2) is 160 Å². The second-order valence-electron chi connectivity index (χ2n) is 13.8. The lowest BCUT2D eigenvalue weighted by atomic mass is 10.2. The molecule has 0 fully saturated rings. The van der Waals surface area contributed by atoms with Crippen LogP contribution < -0.4 is 29.6 Å². The van der Waals surface area contributed by atoms with E-state index in [1.54, 1.807) is 101 Å². The van der Waals surface area contributed by atoms with Crippen LogP contribution in [0, 0.1) is 0 Å². The molecule has 0 saturated carbocycles. The Hall–Kier alpha value is -7.77. The van der Waals surface area contributed by atoms with Gasteiger partial charge in [-0.1, -0.05) is 30.3 Å². The first-order valence-electron chi connectivity index (χ1n) is 18.8. The van der Waals surface area contributed by atoms with Gasteiger partial charge in [0, 0.05) is 62.5 Å². The van der Waals surface area contributed by atoms with E-state index in [-0.39, 0.29) is 63.8 Å². The van der Waals surface area contributed by atoms with Gasteiger partial charge in [0.1, 0.15) is 10.5 Å². The number of hydrogen-bond donors (Lipinski definition) is 2. The maximum Gasteiger partial charge on any atom is 0.254 e. The molecule has 62 heavy (non-hydrogen) atoms. The highest BCUT2D eigenvalue weighted by atomic mass is 32.2. The summed E-state index contributed by atoms with van der Waals surface area (Å²) in [6.45, 7) is 0.573. The molecule has 10 rings (SSSR count). The van der Waals surface area contributed by atoms with Gasteiger partial charge in [-0.3, -0.25) is 14.0 Å². The van der Waals surface area contributed by atoms with Crippen molar-refractivity contribution in [2.75, 3.05) is 13.6 Å². The molecule has 0 saturated heterocycles. The maximum atomic E-state index is 13.0. The number of nitrogens with zero attached hydrogens (tertiary/aromatic N) is 5. The molecule has 2 N–H and O–H groups in total. The number of hydrogen-bond acceptors (Lipinski definition) is 13. The topological polar surface area (TPSA) is 211 Å². The highest BCUT2D eigenvalue weighted by Gasteiger charge is 2.28. The third-order valence-corrected chi connectivity index (χ3v) is 13.4. The standard InChI is InChI=1S/C22H17N3O5S.C21H16N4O5S/c26-22(16-6-9-20-23-10-11-25(20)13-16)24-12-15-4-7-17(8-5-15)31(27,28)19-3-1-2-18-21(19)30-14-29-18;26-20(15-11-24-21-22-7-8-25(21)12-15)23-10-14-1-3-16(4-2-14)31(27,28)17-5-6-18-19(9-17)30-13-29-18/h1-11,13H,12,14H2,(H,24,26);1-9,11-12H,10,13H2,(H,23,26). The molecular weight excluding hydrogens is 839 g/mol. The molecule has 0 bridgehead atoms. The minimum absolute atomic E-state index is 0.00567. The van der Waals surface area contributed by atoms with E-state index in [4.69, 9.17) is 18.9 Å². The molecule has 17 nitrogen and oxygen atoms in total. The van der Waals surface area contributed by atoms with Crippen LogP contribution >= 0.6 is 0 Å². The van der Waals surface area contributed by atoms with Crippen molar-refractivity contribution in [1.29, 1.82) is 0 Å². The first-order valence-corrected chi connectivity index (χ1v) is 21.7. The number of nitrogens with one attached hydrogen (secondary N) is 2. The average Bonchev–Trinajstić information content (AvgIpc) is 4.14. The summed E-state index contributed by atoms with van der Waals surface area (Å²) in [4.78, 5) is 37.6. The SMILES string of the molecule is O=C(NCc1ccc(S(=O)(=O)c2ccc3c(c2)OCO3)cc1)c1cnc2nccn2c1.O=C(NCc1ccc(S(=O)(=O)c2cccc3c2OCO3)cc1)c1ccc2nccn2c1. The summed E-state index contributed by atoms with van der Waals surface area (Å²) in [6, 6.07) is 25.5. The molecule has 4 aromatic carbocycles. The fourth-order valence-electron chi connectivity index (χ4n) is 6.55. The van der Waals surface area contributed by atoms with Gasteiger partial charge < -0.3 is 34.0 Å². The summed E-state index contributed by atoms with van der Waals surface area (Å²) in [5.74, 6) is 1.56. The number of pyridine rings is 1. The first-order chi connectivity index (χ1) is 30.0. The molecule has 2 aliphatic rings. The number of aromatic nitrogens is 5. The zero-order chi connectivity index (χ0) is 42.8. The van der Waals surface area contributed by atoms with E-state index < -0.39 is 19.7 Å². The molecule has 6 heterocycles. The number of ether oxygens (including phenoxy) is 4. The molecule has 19 heteroatoms. The third-order valence-electron chi connectivity index (χ3n) is 9.84. The van der Waals surface area contributed by atoms with Gasteiger partial charge in [0.25, 0.3) is 11.8 Å². The van der Waals surface area contributed by atoms with Crippen molar-refractivity contribution in [3.05, 3.63) is 163 Å². The Labute approximate surface area is 353 Å². The Bertz CT molecular complexity index is 3230. The quantitative estimate of drug-likeness (QED) is 0.185. The monoisotopic (exact) mass is 871 g/mol. The van der Waals surface area contributed by atoms with Crippen molar-refractivity contribution in [2.24, 2.45) is 0 Å². The van der Waals surface area contributed by atoms with E-state index in [2.05, 4.69) is 25.6 Å². The minimum atomic E-state index is -3.77. The lowest BCUT2D eigenvalue weighted by Crippen LogP contribution is -2.23. The van der Waals surface area contributed by atoms with Crippen LogP contribution in [0.1, 0.15) is 31.8 Å². The Morgan fingerprint density at radius 3 is 1.95 bits per heavy atom. The van der Waals surface area contributed by atoms with Crippen molar-refractivity contribution in [1.82, 2.24) is 34.4 Å². The molecule has 0 spiro atoms. The summed E-state index contributed by atoms with van der Waals surface area (Å²) >= 11 is 0. The summed E-state index contributed by atoms with van der Waals surface area (Å²) < 4.78 is 76.4. The smallest absolute Gasteiger partial charge is 0.254 e. The van der Waals surface area contributed by atoms with Gasteiger partial charge in [-0.05, 0) is 71.8 Å². The van der Waals surface area contributed by atoms with E-state index in [0.29, 0.717) is 34.2 Å². The zero-order valence-corrected chi connectivity index (χ0v) is 33.9. The number of benzene rings is 4. The summed E-state index contributed by atoms with van der Waals surface area (Å²) in [5, 5.41) is 5.64. The van der Waals surface area contributed by atoms with Crippen molar-refractivity contribution < 1.29 is 45.4 Å². The molecule has 4 aromatic heterocycles. The van der Waals surface area contributed by atoms with E-state index in [0.717, 1.165) is 16.8 Å². The van der Waals surface area contributed by atoms with Crippen LogP contribution in [-0.2, 0) is 32.8 Å². The Balaban J connectivity index is 0.000000158. The van der Waals surface area contributed by atoms with Gasteiger partial charge in [0.2, 0.25) is 39.0 Å². The summed E-state index contributed by atoms with van der Waals surface area (Å²) in [6.07, 6.45) is 11.5. The second-order valence-corrected chi connectivity index (χ2v) is 17.6. The van der Waals surface area contributed by atoms with E-state index in [1.165, 1.54) is 48.7 Å². The Morgan fingerprint density at radius 1 is 0.581 bits per heavy atom. The molecule has 2 aliphatic heterocycles. The van der Waals surface area contributed by atoms with E-state index in [1.807, 2.05) is 0 Å². The zero-order valence-electron chi connectivity index (χ0n) is 32.2. The number of imidazole rings is 2. The van der Waals surface area contributed by atoms with Crippen molar-refractivity contribution >= 4 is 42.9 Å². The van der Waals surface area contributed by atoms with Gasteiger partial charge in [0.15, 0.2) is 23.0 Å². The maximum absolute atomic E-state index is 13.0. The van der Waals surface area contributed by atoms with Crippen molar-refractivity contribution in [2.45, 2.75) is 32.7 Å². The lowest BCUT2D eigenvalue weighted by Gasteiger charge is -2.09. The Kier molecular flexibility index (Phi) is 10.5. The van der Waals surface area contributed by atoms with Crippen molar-refractivity contribution in [3.8, 4) is 23.0 Å². The number of amides is 2. The van der Waals surface area contributed by atoms with Crippen molar-refractivity contribution in [3.63, 3.8) is 0 Å². The number of carbonyl (C=O) groups excluding carboxylic acids is 2. The molecule has 0 unspecified atom stereocenters. The predicted molar refractivity (Wildman–Crippen MR) is 219 cm³/mol. The summed E-state index contributed by atoms with van der Waals surface area (Å²) in [5.41, 5.74) is 3.19. The second kappa shape index (κ2) is 16.4. The Morgan fingerprint density at radius 2 is 1.19 bits per heavy atom. The number of fused-ring (bicyclic) bond motifs is 4. The van der Waals surface area contributed by atoms with Gasteiger partial charge >= 0.3 is 0 Å². The van der Waals surface area contributed by atoms with Crippen LogP contribution in [0.25, 0.3) is 11.4 Å². The lowest BCUT2D eigenvalue weighted by molar-refractivity contribution is 0.0942. The van der Waals surface area contributed by atoms with Gasteiger partial charge in [-0.25, -0.2) is 31.8 Å². The molecule has 2 amide bonds. The van der Waals surface area contributed by atoms with Crippen LogP contribution in [0.5, 0.6) is 23.0 Å². The molecular formula is C43H33N7O10S2. The third kappa shape index (κ3) is 7.96. The van der Waals surface area contributed by atoms with Crippen LogP contribution in [0.3, 0.4) is 0 Å². The minimum Gasteiger partial charge on any atom is -0.454 e. The largest absolute Gasteiger partial charge is 0.454 e. The highest BCUT2D eigenvalue weighted by Crippen LogP contribution is 2.40. The fraction of sp³-hybridized carbons (Fsp3) is 0.0930. The number of sulfone groups is 2. The predicted octanol–water partition coefficient (Wildman–Crippen LogP) is 5.05. The first kappa shape index (κ1) is 39.7. The number of rotatable bonds is 10. The molecule has 0 aliphatic carbocycles.